The molecule has 2 fully saturated rings. The maximum Gasteiger partial charge on any atom is 0.343 e. The van der Waals surface area contributed by atoms with Crippen molar-refractivity contribution in [1.29, 1.82) is 0 Å². The molecule has 2 aliphatic heterocycles. The molecule has 1 aromatic heterocycles. The molecule has 0 radical (unpaired) electrons. The van der Waals surface area contributed by atoms with Crippen molar-refractivity contribution in [2.75, 3.05) is 38.2 Å². The second-order valence-electron chi connectivity index (χ2n) is 7.19. The van der Waals surface area contributed by atoms with Crippen LogP contribution in [0.25, 0.3) is 11.3 Å². The van der Waals surface area contributed by atoms with E-state index in [0.29, 0.717) is 49.6 Å². The topological polar surface area (TPSA) is 108 Å². The lowest BCUT2D eigenvalue weighted by Gasteiger charge is -2.47. The third kappa shape index (κ3) is 3.15. The molecule has 0 amide bonds. The van der Waals surface area contributed by atoms with Gasteiger partial charge in [-0.25, -0.2) is 4.79 Å². The van der Waals surface area contributed by atoms with Crippen molar-refractivity contribution in [3.63, 3.8) is 0 Å². The number of aromatic carboxylic acids is 1. The van der Waals surface area contributed by atoms with Gasteiger partial charge < -0.3 is 29.7 Å². The van der Waals surface area contributed by atoms with E-state index in [-0.39, 0.29) is 17.2 Å². The molecule has 0 saturated carbocycles. The summed E-state index contributed by atoms with van der Waals surface area (Å²) in [4.78, 5) is 13.9. The minimum absolute atomic E-state index is 0.0304. The zero-order chi connectivity index (χ0) is 19.0. The Morgan fingerprint density at radius 3 is 2.85 bits per heavy atom. The number of ether oxygens (including phenoxy) is 1. The summed E-state index contributed by atoms with van der Waals surface area (Å²) in [6.07, 6.45) is 1.30. The average molecular weight is 373 g/mol. The molecule has 8 nitrogen and oxygen atoms in total. The number of carboxylic acid groups (broad SMARTS) is 1. The van der Waals surface area contributed by atoms with Gasteiger partial charge in [-0.15, -0.1) is 0 Å². The highest BCUT2D eigenvalue weighted by atomic mass is 16.5. The predicted octanol–water partition coefficient (Wildman–Crippen LogP) is 1.60. The number of nitrogens with one attached hydrogen (secondary N) is 1. The lowest BCUT2D eigenvalue weighted by atomic mass is 9.76. The summed E-state index contributed by atoms with van der Waals surface area (Å²) < 4.78 is 10.6. The molecule has 2 aromatic rings. The molecule has 3 heterocycles. The first-order valence-corrected chi connectivity index (χ1v) is 9.07. The van der Waals surface area contributed by atoms with Gasteiger partial charge in [-0.05, 0) is 43.7 Å². The highest BCUT2D eigenvalue weighted by Gasteiger charge is 2.44. The van der Waals surface area contributed by atoms with Crippen molar-refractivity contribution in [3.8, 4) is 17.1 Å². The minimum atomic E-state index is -1.08. The number of aromatic nitrogens is 1. The minimum Gasteiger partial charge on any atom is -0.497 e. The van der Waals surface area contributed by atoms with Gasteiger partial charge in [0.15, 0.2) is 17.1 Å². The Hall–Kier alpha value is -2.58. The van der Waals surface area contributed by atoms with Crippen molar-refractivity contribution < 1.29 is 24.3 Å². The van der Waals surface area contributed by atoms with Crippen LogP contribution >= 0.6 is 0 Å². The van der Waals surface area contributed by atoms with Crippen LogP contribution in [0.2, 0.25) is 0 Å². The van der Waals surface area contributed by atoms with Gasteiger partial charge in [0.2, 0.25) is 0 Å². The molecule has 8 heteroatoms. The average Bonchev–Trinajstić information content (AvgIpc) is 3.12. The molecule has 0 unspecified atom stereocenters. The zero-order valence-electron chi connectivity index (χ0n) is 15.1. The largest absolute Gasteiger partial charge is 0.497 e. The van der Waals surface area contributed by atoms with Gasteiger partial charge in [0.1, 0.15) is 5.75 Å². The lowest BCUT2D eigenvalue weighted by molar-refractivity contribution is -0.0540. The highest BCUT2D eigenvalue weighted by molar-refractivity contribution is 5.99. The fourth-order valence-electron chi connectivity index (χ4n) is 4.05. The zero-order valence-corrected chi connectivity index (χ0v) is 15.1. The molecule has 2 atom stereocenters. The molecule has 0 bridgehead atoms. The quantitative estimate of drug-likeness (QED) is 0.742. The number of aliphatic hydroxyl groups is 1. The number of benzene rings is 1. The highest BCUT2D eigenvalue weighted by Crippen LogP contribution is 2.38. The van der Waals surface area contributed by atoms with Crippen LogP contribution in [0.15, 0.2) is 28.8 Å². The fourth-order valence-corrected chi connectivity index (χ4v) is 4.05. The Labute approximate surface area is 156 Å². The van der Waals surface area contributed by atoms with Gasteiger partial charge >= 0.3 is 5.97 Å². The normalized spacial score (nSPS) is 25.1. The smallest absolute Gasteiger partial charge is 0.343 e. The number of hydrogen-bond donors (Lipinski definition) is 3. The van der Waals surface area contributed by atoms with Crippen molar-refractivity contribution in [2.24, 2.45) is 5.92 Å². The molecule has 3 N–H and O–H groups in total. The summed E-state index contributed by atoms with van der Waals surface area (Å²) in [5.74, 6) is 0.168. The Morgan fingerprint density at radius 1 is 1.37 bits per heavy atom. The fraction of sp³-hybridized carbons (Fsp3) is 0.474. The second kappa shape index (κ2) is 6.86. The summed E-state index contributed by atoms with van der Waals surface area (Å²) in [6, 6.07) is 6.99. The molecule has 1 aromatic carbocycles. The first-order chi connectivity index (χ1) is 13.0. The van der Waals surface area contributed by atoms with Gasteiger partial charge in [-0.2, -0.15) is 0 Å². The Bertz CT molecular complexity index is 834. The number of carbonyl (C=O) groups is 1. The van der Waals surface area contributed by atoms with Crippen LogP contribution in [0.1, 0.15) is 23.2 Å². The number of hydrogen-bond acceptors (Lipinski definition) is 7. The van der Waals surface area contributed by atoms with Crippen LogP contribution < -0.4 is 15.0 Å². The van der Waals surface area contributed by atoms with E-state index in [1.54, 1.807) is 31.4 Å². The summed E-state index contributed by atoms with van der Waals surface area (Å²) in [7, 11) is 1.57. The standard InChI is InChI=1S/C19H23N3O5/c1-26-14-4-2-12(3-5-14)16-15(18(23)24)17(21-27-16)22-9-7-19(25)6-8-20-10-13(19)11-22/h2-5,13,20,25H,6-11H2,1H3,(H,23,24)/t13-,19-/m0/s1. The molecule has 4 rings (SSSR count). The van der Waals surface area contributed by atoms with Crippen molar-refractivity contribution in [3.05, 3.63) is 29.8 Å². The molecule has 144 valence electrons. The third-order valence-corrected chi connectivity index (χ3v) is 5.68. The Kier molecular flexibility index (Phi) is 4.53. The van der Waals surface area contributed by atoms with Gasteiger partial charge in [-0.1, -0.05) is 5.16 Å². The van der Waals surface area contributed by atoms with E-state index in [2.05, 4.69) is 10.5 Å². The number of fused-ring (bicyclic) bond motifs is 1. The summed E-state index contributed by atoms with van der Waals surface area (Å²) in [5, 5.41) is 28.0. The van der Waals surface area contributed by atoms with E-state index < -0.39 is 11.6 Å². The number of carboxylic acids is 1. The van der Waals surface area contributed by atoms with Gasteiger partial charge in [-0.3, -0.25) is 0 Å². The van der Waals surface area contributed by atoms with Crippen LogP contribution in [0.3, 0.4) is 0 Å². The van der Waals surface area contributed by atoms with Gasteiger partial charge in [0, 0.05) is 31.1 Å². The molecule has 2 saturated heterocycles. The van der Waals surface area contributed by atoms with Crippen LogP contribution in [0.4, 0.5) is 5.82 Å². The van der Waals surface area contributed by atoms with Crippen molar-refractivity contribution in [2.45, 2.75) is 18.4 Å². The monoisotopic (exact) mass is 373 g/mol. The van der Waals surface area contributed by atoms with Crippen LogP contribution in [0.5, 0.6) is 5.75 Å². The molecule has 0 spiro atoms. The van der Waals surface area contributed by atoms with E-state index in [9.17, 15) is 15.0 Å². The SMILES string of the molecule is COc1ccc(-c2onc(N3CC[C@@]4(O)CCNC[C@H]4C3)c2C(=O)O)cc1. The summed E-state index contributed by atoms with van der Waals surface area (Å²) in [6.45, 7) is 2.60. The van der Waals surface area contributed by atoms with E-state index in [1.807, 2.05) is 4.90 Å². The van der Waals surface area contributed by atoms with E-state index in [1.165, 1.54) is 0 Å². The number of anilines is 1. The Balaban J connectivity index is 1.65. The number of piperidine rings is 2. The number of rotatable bonds is 4. The first kappa shape index (κ1) is 17.8. The van der Waals surface area contributed by atoms with Crippen molar-refractivity contribution >= 4 is 11.8 Å². The van der Waals surface area contributed by atoms with E-state index in [4.69, 9.17) is 9.26 Å². The predicted molar refractivity (Wildman–Crippen MR) is 98.2 cm³/mol. The third-order valence-electron chi connectivity index (χ3n) is 5.68. The van der Waals surface area contributed by atoms with Gasteiger partial charge in [0.05, 0.1) is 12.7 Å². The first-order valence-electron chi connectivity index (χ1n) is 9.07. The molecule has 27 heavy (non-hydrogen) atoms. The molecular formula is C19H23N3O5. The second-order valence-corrected chi connectivity index (χ2v) is 7.19. The summed E-state index contributed by atoms with van der Waals surface area (Å²) in [5.41, 5.74) is -0.0117. The van der Waals surface area contributed by atoms with Crippen LogP contribution in [-0.2, 0) is 0 Å². The van der Waals surface area contributed by atoms with Crippen molar-refractivity contribution in [1.82, 2.24) is 10.5 Å². The molecule has 2 aliphatic rings. The van der Waals surface area contributed by atoms with E-state index >= 15 is 0 Å². The van der Waals surface area contributed by atoms with E-state index in [0.717, 1.165) is 6.54 Å². The number of methoxy groups -OCH3 is 1. The molecular weight excluding hydrogens is 350 g/mol. The summed E-state index contributed by atoms with van der Waals surface area (Å²) >= 11 is 0. The van der Waals surface area contributed by atoms with Crippen LogP contribution in [-0.4, -0.2) is 60.2 Å². The maximum atomic E-state index is 12.0. The van der Waals surface area contributed by atoms with Gasteiger partial charge in [0.25, 0.3) is 0 Å². The lowest BCUT2D eigenvalue weighted by Crippen LogP contribution is -2.59. The molecule has 0 aliphatic carbocycles. The maximum absolute atomic E-state index is 12.0. The number of nitrogens with zero attached hydrogens (tertiary/aromatic N) is 2. The Morgan fingerprint density at radius 2 is 2.15 bits per heavy atom. The van der Waals surface area contributed by atoms with Crippen LogP contribution in [0, 0.1) is 5.92 Å².